The van der Waals surface area contributed by atoms with Crippen molar-refractivity contribution in [1.29, 1.82) is 0 Å². The summed E-state index contributed by atoms with van der Waals surface area (Å²) in [5.74, 6) is 0.738. The van der Waals surface area contributed by atoms with E-state index in [-0.39, 0.29) is 5.91 Å². The number of amides is 1. The fraction of sp³-hybridized carbons (Fsp3) is 0.231. The molecule has 0 aliphatic rings. The minimum Gasteiger partial charge on any atom is -0.494 e. The van der Waals surface area contributed by atoms with Crippen molar-refractivity contribution in [2.45, 2.75) is 32.9 Å². The monoisotopic (exact) mass is 447 g/mol. The molecule has 1 amide bonds. The Kier molecular flexibility index (Phi) is 7.07. The molecule has 0 fully saturated rings. The lowest BCUT2D eigenvalue weighted by Gasteiger charge is -2.09. The van der Waals surface area contributed by atoms with E-state index in [4.69, 9.17) is 16.3 Å². The molecule has 0 bridgehead atoms. The molecule has 1 heterocycles. The van der Waals surface area contributed by atoms with Crippen molar-refractivity contribution < 1.29 is 9.53 Å². The molecule has 32 heavy (non-hydrogen) atoms. The molecule has 0 radical (unpaired) electrons. The van der Waals surface area contributed by atoms with Crippen LogP contribution in [0.5, 0.6) is 5.75 Å². The second-order valence-electron chi connectivity index (χ2n) is 7.73. The van der Waals surface area contributed by atoms with Gasteiger partial charge < -0.3 is 10.1 Å². The summed E-state index contributed by atoms with van der Waals surface area (Å²) in [4.78, 5) is 12.8. The third-order valence-electron chi connectivity index (χ3n) is 5.30. The van der Waals surface area contributed by atoms with E-state index in [0.29, 0.717) is 23.7 Å². The van der Waals surface area contributed by atoms with Gasteiger partial charge in [0.1, 0.15) is 5.75 Å². The molecule has 5 nitrogen and oxygen atoms in total. The zero-order valence-corrected chi connectivity index (χ0v) is 18.8. The Hall–Kier alpha value is -3.31. The molecule has 0 unspecified atom stereocenters. The highest BCUT2D eigenvalue weighted by atomic mass is 35.5. The summed E-state index contributed by atoms with van der Waals surface area (Å²) >= 11 is 5.98. The summed E-state index contributed by atoms with van der Waals surface area (Å²) in [7, 11) is 0. The van der Waals surface area contributed by atoms with Gasteiger partial charge in [0.15, 0.2) is 0 Å². The summed E-state index contributed by atoms with van der Waals surface area (Å²) in [5.41, 5.74) is 3.64. The maximum absolute atomic E-state index is 12.8. The number of halogens is 1. The lowest BCUT2D eigenvalue weighted by atomic mass is 10.1. The molecule has 0 atom stereocenters. The van der Waals surface area contributed by atoms with E-state index in [9.17, 15) is 4.79 Å². The van der Waals surface area contributed by atoms with Crippen LogP contribution >= 0.6 is 11.6 Å². The largest absolute Gasteiger partial charge is 0.494 e. The first-order valence-electron chi connectivity index (χ1n) is 10.8. The topological polar surface area (TPSA) is 56.1 Å². The third kappa shape index (κ3) is 5.48. The van der Waals surface area contributed by atoms with Crippen molar-refractivity contribution >= 4 is 28.4 Å². The lowest BCUT2D eigenvalue weighted by molar-refractivity contribution is 0.0951. The van der Waals surface area contributed by atoms with Crippen LogP contribution in [0.25, 0.3) is 10.9 Å². The molecule has 4 aromatic rings. The molecule has 0 aliphatic carbocycles. The molecular formula is C26H26ClN3O2. The fourth-order valence-corrected chi connectivity index (χ4v) is 3.55. The summed E-state index contributed by atoms with van der Waals surface area (Å²) in [5, 5.41) is 9.18. The number of ether oxygens (including phenoxy) is 1. The second-order valence-corrected chi connectivity index (χ2v) is 8.17. The molecule has 3 aromatic carbocycles. The minimum absolute atomic E-state index is 0.116. The Morgan fingerprint density at radius 3 is 2.53 bits per heavy atom. The van der Waals surface area contributed by atoms with Crippen LogP contribution in [-0.2, 0) is 13.1 Å². The number of benzene rings is 3. The molecule has 0 saturated heterocycles. The maximum atomic E-state index is 12.8. The van der Waals surface area contributed by atoms with Gasteiger partial charge >= 0.3 is 0 Å². The summed E-state index contributed by atoms with van der Waals surface area (Å²) in [6.45, 7) is 3.93. The van der Waals surface area contributed by atoms with Crippen LogP contribution in [0.1, 0.15) is 41.3 Å². The van der Waals surface area contributed by atoms with Crippen LogP contribution in [0.4, 0.5) is 0 Å². The molecule has 1 N–H and O–H groups in total. The quantitative estimate of drug-likeness (QED) is 0.327. The molecule has 0 saturated carbocycles. The number of rotatable bonds is 9. The average molecular weight is 448 g/mol. The number of fused-ring (bicyclic) bond motifs is 1. The van der Waals surface area contributed by atoms with E-state index >= 15 is 0 Å². The molecule has 0 aliphatic heterocycles. The van der Waals surface area contributed by atoms with Gasteiger partial charge in [0.05, 0.1) is 24.9 Å². The van der Waals surface area contributed by atoms with Crippen LogP contribution in [-0.4, -0.2) is 22.3 Å². The van der Waals surface area contributed by atoms with Crippen molar-refractivity contribution in [3.05, 3.63) is 94.6 Å². The van der Waals surface area contributed by atoms with Crippen molar-refractivity contribution in [3.8, 4) is 5.75 Å². The maximum Gasteiger partial charge on any atom is 0.251 e. The highest BCUT2D eigenvalue weighted by Crippen LogP contribution is 2.19. The molecule has 6 heteroatoms. The Morgan fingerprint density at radius 2 is 1.78 bits per heavy atom. The second kappa shape index (κ2) is 10.3. The predicted molar refractivity (Wildman–Crippen MR) is 128 cm³/mol. The third-order valence-corrected chi connectivity index (χ3v) is 5.55. The van der Waals surface area contributed by atoms with E-state index in [0.717, 1.165) is 47.2 Å². The predicted octanol–water partition coefficient (Wildman–Crippen LogP) is 5.85. The van der Waals surface area contributed by atoms with Gasteiger partial charge in [-0.05, 0) is 53.9 Å². The number of carbonyl (C=O) groups excluding carboxylic acids is 1. The SMILES string of the molecule is CCCCOc1ccc(CNC(=O)c2ccc3cnn(Cc4ccc(Cl)cc4)c3c2)cc1. The zero-order chi connectivity index (χ0) is 22.3. The molecular weight excluding hydrogens is 422 g/mol. The van der Waals surface area contributed by atoms with Gasteiger partial charge in [0.2, 0.25) is 0 Å². The van der Waals surface area contributed by atoms with Crippen LogP contribution in [0.15, 0.2) is 72.9 Å². The van der Waals surface area contributed by atoms with Gasteiger partial charge in [-0.25, -0.2) is 0 Å². The lowest BCUT2D eigenvalue weighted by Crippen LogP contribution is -2.22. The van der Waals surface area contributed by atoms with Crippen LogP contribution < -0.4 is 10.1 Å². The number of hydrogen-bond donors (Lipinski definition) is 1. The van der Waals surface area contributed by atoms with Gasteiger partial charge in [0, 0.05) is 22.5 Å². The van der Waals surface area contributed by atoms with E-state index in [2.05, 4.69) is 17.3 Å². The number of aromatic nitrogens is 2. The molecule has 164 valence electrons. The smallest absolute Gasteiger partial charge is 0.251 e. The van der Waals surface area contributed by atoms with Gasteiger partial charge in [-0.3, -0.25) is 9.48 Å². The van der Waals surface area contributed by atoms with Crippen molar-refractivity contribution in [2.75, 3.05) is 6.61 Å². The standard InChI is InChI=1S/C26H26ClN3O2/c1-2-3-14-32-24-12-6-19(7-13-24)16-28-26(31)21-8-9-22-17-29-30(25(22)15-21)18-20-4-10-23(27)11-5-20/h4-13,15,17H,2-3,14,16,18H2,1H3,(H,28,31). The first kappa shape index (κ1) is 21.9. The Balaban J connectivity index is 1.40. The summed E-state index contributed by atoms with van der Waals surface area (Å²) in [6.07, 6.45) is 3.97. The molecule has 4 rings (SSSR count). The number of hydrogen-bond acceptors (Lipinski definition) is 3. The average Bonchev–Trinajstić information content (AvgIpc) is 3.22. The Labute approximate surface area is 193 Å². The number of unbranched alkanes of at least 4 members (excludes halogenated alkanes) is 1. The van der Waals surface area contributed by atoms with Gasteiger partial charge in [-0.15, -0.1) is 0 Å². The van der Waals surface area contributed by atoms with E-state index in [1.165, 1.54) is 0 Å². The Morgan fingerprint density at radius 1 is 1.03 bits per heavy atom. The van der Waals surface area contributed by atoms with Crippen LogP contribution in [0.2, 0.25) is 5.02 Å². The highest BCUT2D eigenvalue weighted by molar-refractivity contribution is 6.30. The Bertz CT molecular complexity index is 1180. The van der Waals surface area contributed by atoms with E-state index in [1.807, 2.05) is 77.6 Å². The first-order valence-corrected chi connectivity index (χ1v) is 11.2. The number of nitrogens with zero attached hydrogens (tertiary/aromatic N) is 2. The molecule has 1 aromatic heterocycles. The van der Waals surface area contributed by atoms with Crippen molar-refractivity contribution in [3.63, 3.8) is 0 Å². The van der Waals surface area contributed by atoms with Gasteiger partial charge in [-0.2, -0.15) is 5.10 Å². The molecule has 0 spiro atoms. The summed E-state index contributed by atoms with van der Waals surface area (Å²) in [6, 6.07) is 21.2. The minimum atomic E-state index is -0.116. The first-order chi connectivity index (χ1) is 15.6. The zero-order valence-electron chi connectivity index (χ0n) is 18.1. The van der Waals surface area contributed by atoms with Crippen molar-refractivity contribution in [1.82, 2.24) is 15.1 Å². The van der Waals surface area contributed by atoms with Crippen LogP contribution in [0.3, 0.4) is 0 Å². The number of carbonyl (C=O) groups is 1. The number of nitrogens with one attached hydrogen (secondary N) is 1. The highest BCUT2D eigenvalue weighted by Gasteiger charge is 2.10. The van der Waals surface area contributed by atoms with Gasteiger partial charge in [-0.1, -0.05) is 55.3 Å². The van der Waals surface area contributed by atoms with E-state index < -0.39 is 0 Å². The normalized spacial score (nSPS) is 10.9. The fourth-order valence-electron chi connectivity index (χ4n) is 3.42. The summed E-state index contributed by atoms with van der Waals surface area (Å²) < 4.78 is 7.58. The van der Waals surface area contributed by atoms with Crippen LogP contribution in [0, 0.1) is 0 Å². The van der Waals surface area contributed by atoms with Crippen molar-refractivity contribution in [2.24, 2.45) is 0 Å². The van der Waals surface area contributed by atoms with Gasteiger partial charge in [0.25, 0.3) is 5.91 Å². The van der Waals surface area contributed by atoms with E-state index in [1.54, 1.807) is 0 Å².